The van der Waals surface area contributed by atoms with Gasteiger partial charge in [-0.3, -0.25) is 4.79 Å². The molecule has 0 unspecified atom stereocenters. The molecule has 0 bridgehead atoms. The van der Waals surface area contributed by atoms with Crippen LogP contribution < -0.4 is 4.74 Å². The zero-order chi connectivity index (χ0) is 13.0. The number of hydrogen-bond acceptors (Lipinski definition) is 2. The Morgan fingerprint density at radius 2 is 1.89 bits per heavy atom. The van der Waals surface area contributed by atoms with Crippen molar-refractivity contribution in [3.8, 4) is 5.75 Å². The van der Waals surface area contributed by atoms with E-state index in [9.17, 15) is 4.79 Å². The molecule has 1 saturated heterocycles. The number of hydrogen-bond donors (Lipinski definition) is 0. The summed E-state index contributed by atoms with van der Waals surface area (Å²) >= 11 is 3.44. The number of nitrogens with zero attached hydrogens (tertiary/aromatic N) is 1. The summed E-state index contributed by atoms with van der Waals surface area (Å²) in [6.07, 6.45) is 4.66. The Kier molecular flexibility index (Phi) is 4.64. The van der Waals surface area contributed by atoms with Gasteiger partial charge in [0.25, 0.3) is 5.91 Å². The minimum absolute atomic E-state index is 0.0997. The lowest BCUT2D eigenvalue weighted by Gasteiger charge is -2.21. The molecule has 1 aromatic carbocycles. The molecule has 0 spiro atoms. The van der Waals surface area contributed by atoms with Crippen LogP contribution in [0.1, 0.15) is 36.0 Å². The van der Waals surface area contributed by atoms with Gasteiger partial charge < -0.3 is 9.64 Å². The van der Waals surface area contributed by atoms with Crippen LogP contribution in [-0.4, -0.2) is 31.0 Å². The molecule has 0 radical (unpaired) electrons. The molecule has 98 valence electrons. The van der Waals surface area contributed by atoms with Gasteiger partial charge in [0.1, 0.15) is 5.75 Å². The summed E-state index contributed by atoms with van der Waals surface area (Å²) in [4.78, 5) is 14.4. The summed E-state index contributed by atoms with van der Waals surface area (Å²) in [5.41, 5.74) is 0.691. The number of likely N-dealkylation sites (tertiary alicyclic amines) is 1. The van der Waals surface area contributed by atoms with Crippen molar-refractivity contribution in [3.05, 3.63) is 28.2 Å². The molecule has 0 N–H and O–H groups in total. The highest BCUT2D eigenvalue weighted by atomic mass is 79.9. The van der Waals surface area contributed by atoms with E-state index < -0.39 is 0 Å². The molecule has 1 aliphatic rings. The van der Waals surface area contributed by atoms with Crippen LogP contribution in [0.15, 0.2) is 22.7 Å². The third kappa shape index (κ3) is 3.05. The smallest absolute Gasteiger partial charge is 0.255 e. The van der Waals surface area contributed by atoms with Gasteiger partial charge >= 0.3 is 0 Å². The topological polar surface area (TPSA) is 29.5 Å². The fourth-order valence-corrected chi connectivity index (χ4v) is 2.66. The summed E-state index contributed by atoms with van der Waals surface area (Å²) < 4.78 is 6.01. The van der Waals surface area contributed by atoms with Crippen LogP contribution in [0.25, 0.3) is 0 Å². The molecule has 0 aromatic heterocycles. The van der Waals surface area contributed by atoms with Crippen LogP contribution in [0, 0.1) is 0 Å². The van der Waals surface area contributed by atoms with E-state index in [1.807, 2.05) is 17.0 Å². The quantitative estimate of drug-likeness (QED) is 0.837. The van der Waals surface area contributed by atoms with Gasteiger partial charge in [-0.15, -0.1) is 0 Å². The van der Waals surface area contributed by atoms with Gasteiger partial charge in [-0.25, -0.2) is 0 Å². The predicted octanol–water partition coefficient (Wildman–Crippen LogP) is 3.47. The van der Waals surface area contributed by atoms with E-state index >= 15 is 0 Å². The normalized spacial score (nSPS) is 16.2. The van der Waals surface area contributed by atoms with E-state index in [1.165, 1.54) is 12.8 Å². The third-order valence-corrected chi connectivity index (χ3v) is 3.99. The highest BCUT2D eigenvalue weighted by molar-refractivity contribution is 9.10. The van der Waals surface area contributed by atoms with Crippen molar-refractivity contribution in [2.45, 2.75) is 25.7 Å². The average Bonchev–Trinajstić information content (AvgIpc) is 2.67. The SMILES string of the molecule is COc1ccc(Br)c(C(=O)N2CCCCCC2)c1. The molecule has 1 aromatic rings. The lowest BCUT2D eigenvalue weighted by molar-refractivity contribution is 0.0760. The van der Waals surface area contributed by atoms with E-state index in [-0.39, 0.29) is 5.91 Å². The Hall–Kier alpha value is -1.03. The van der Waals surface area contributed by atoms with E-state index in [0.29, 0.717) is 5.56 Å². The molecule has 1 heterocycles. The van der Waals surface area contributed by atoms with Crippen molar-refractivity contribution < 1.29 is 9.53 Å². The van der Waals surface area contributed by atoms with Crippen molar-refractivity contribution >= 4 is 21.8 Å². The molecule has 2 rings (SSSR count). The zero-order valence-electron chi connectivity index (χ0n) is 10.6. The number of methoxy groups -OCH3 is 1. The van der Waals surface area contributed by atoms with Gasteiger partial charge in [0.05, 0.1) is 12.7 Å². The minimum Gasteiger partial charge on any atom is -0.497 e. The monoisotopic (exact) mass is 311 g/mol. The molecule has 0 saturated carbocycles. The van der Waals surface area contributed by atoms with E-state index in [1.54, 1.807) is 13.2 Å². The van der Waals surface area contributed by atoms with Crippen LogP contribution in [-0.2, 0) is 0 Å². The lowest BCUT2D eigenvalue weighted by Crippen LogP contribution is -2.32. The van der Waals surface area contributed by atoms with E-state index in [2.05, 4.69) is 15.9 Å². The van der Waals surface area contributed by atoms with Crippen LogP contribution in [0.4, 0.5) is 0 Å². The molecular formula is C14H18BrNO2. The Morgan fingerprint density at radius 1 is 1.22 bits per heavy atom. The summed E-state index contributed by atoms with van der Waals surface area (Å²) in [6.45, 7) is 1.73. The maximum absolute atomic E-state index is 12.5. The Labute approximate surface area is 116 Å². The number of rotatable bonds is 2. The number of carbonyl (C=O) groups excluding carboxylic acids is 1. The largest absolute Gasteiger partial charge is 0.497 e. The molecular weight excluding hydrogens is 294 g/mol. The van der Waals surface area contributed by atoms with Gasteiger partial charge in [0, 0.05) is 17.6 Å². The van der Waals surface area contributed by atoms with Crippen LogP contribution in [0.3, 0.4) is 0 Å². The predicted molar refractivity (Wildman–Crippen MR) is 75.1 cm³/mol. The fraction of sp³-hybridized carbons (Fsp3) is 0.500. The first kappa shape index (κ1) is 13.4. The molecule has 18 heavy (non-hydrogen) atoms. The van der Waals surface area contributed by atoms with E-state index in [4.69, 9.17) is 4.74 Å². The summed E-state index contributed by atoms with van der Waals surface area (Å²) in [6, 6.07) is 5.52. The zero-order valence-corrected chi connectivity index (χ0v) is 12.2. The van der Waals surface area contributed by atoms with Crippen molar-refractivity contribution in [1.29, 1.82) is 0 Å². The van der Waals surface area contributed by atoms with E-state index in [0.717, 1.165) is 36.2 Å². The summed E-state index contributed by atoms with van der Waals surface area (Å²) in [5, 5.41) is 0. The molecule has 3 nitrogen and oxygen atoms in total. The van der Waals surface area contributed by atoms with Crippen LogP contribution >= 0.6 is 15.9 Å². The van der Waals surface area contributed by atoms with Crippen molar-refractivity contribution in [2.24, 2.45) is 0 Å². The average molecular weight is 312 g/mol. The second-order valence-corrected chi connectivity index (χ2v) is 5.41. The number of amides is 1. The van der Waals surface area contributed by atoms with Gasteiger partial charge in [-0.2, -0.15) is 0 Å². The van der Waals surface area contributed by atoms with Gasteiger partial charge in [0.15, 0.2) is 0 Å². The second kappa shape index (κ2) is 6.23. The second-order valence-electron chi connectivity index (χ2n) is 4.55. The highest BCUT2D eigenvalue weighted by Crippen LogP contribution is 2.24. The van der Waals surface area contributed by atoms with Gasteiger partial charge in [0.2, 0.25) is 0 Å². The minimum atomic E-state index is 0.0997. The van der Waals surface area contributed by atoms with Crippen molar-refractivity contribution in [2.75, 3.05) is 20.2 Å². The number of carbonyl (C=O) groups is 1. The molecule has 4 heteroatoms. The number of halogens is 1. The van der Waals surface area contributed by atoms with Crippen molar-refractivity contribution in [1.82, 2.24) is 4.90 Å². The first-order valence-corrected chi connectivity index (χ1v) is 7.14. The molecule has 0 aliphatic carbocycles. The highest BCUT2D eigenvalue weighted by Gasteiger charge is 2.19. The van der Waals surface area contributed by atoms with Crippen LogP contribution in [0.2, 0.25) is 0 Å². The molecule has 1 amide bonds. The Bertz CT molecular complexity index is 426. The summed E-state index contributed by atoms with van der Waals surface area (Å²) in [5.74, 6) is 0.819. The molecule has 1 fully saturated rings. The summed E-state index contributed by atoms with van der Waals surface area (Å²) in [7, 11) is 1.61. The fourth-order valence-electron chi connectivity index (χ4n) is 2.24. The van der Waals surface area contributed by atoms with Gasteiger partial charge in [-0.05, 0) is 47.0 Å². The molecule has 0 atom stereocenters. The number of ether oxygens (including phenoxy) is 1. The van der Waals surface area contributed by atoms with Gasteiger partial charge in [-0.1, -0.05) is 12.8 Å². The first-order valence-electron chi connectivity index (χ1n) is 6.35. The first-order chi connectivity index (χ1) is 8.72. The molecule has 1 aliphatic heterocycles. The third-order valence-electron chi connectivity index (χ3n) is 3.30. The maximum Gasteiger partial charge on any atom is 0.255 e. The Balaban J connectivity index is 2.21. The number of benzene rings is 1. The van der Waals surface area contributed by atoms with Crippen molar-refractivity contribution in [3.63, 3.8) is 0 Å². The maximum atomic E-state index is 12.5. The standard InChI is InChI=1S/C14H18BrNO2/c1-18-11-6-7-13(15)12(10-11)14(17)16-8-4-2-3-5-9-16/h6-7,10H,2-5,8-9H2,1H3. The van der Waals surface area contributed by atoms with Crippen LogP contribution in [0.5, 0.6) is 5.75 Å². The lowest BCUT2D eigenvalue weighted by atomic mass is 10.2. The Morgan fingerprint density at radius 3 is 2.50 bits per heavy atom.